The molecule has 9 heteroatoms. The van der Waals surface area contributed by atoms with Gasteiger partial charge in [0.05, 0.1) is 11.1 Å². The number of nitrogens with zero attached hydrogens (tertiary/aromatic N) is 2. The van der Waals surface area contributed by atoms with Gasteiger partial charge in [-0.2, -0.15) is 5.10 Å². The third kappa shape index (κ3) is 4.78. The largest absolute Gasteiger partial charge is 0.508 e. The van der Waals surface area contributed by atoms with Crippen LogP contribution >= 0.6 is 15.9 Å². The molecule has 0 unspecified atom stereocenters. The molecule has 0 spiro atoms. The van der Waals surface area contributed by atoms with Gasteiger partial charge < -0.3 is 9.84 Å². The first-order valence-corrected chi connectivity index (χ1v) is 7.43. The number of carbonyl (C=O) groups excluding carboxylic acids is 1. The van der Waals surface area contributed by atoms with Gasteiger partial charge in [-0.05, 0) is 24.3 Å². The topological polar surface area (TPSA) is 114 Å². The Bertz CT molecular complexity index is 794. The molecule has 0 aliphatic carbocycles. The summed E-state index contributed by atoms with van der Waals surface area (Å²) < 4.78 is 5.82. The maximum absolute atomic E-state index is 11.7. The van der Waals surface area contributed by atoms with Gasteiger partial charge in [-0.3, -0.25) is 14.9 Å². The Balaban J connectivity index is 1.91. The number of nitro groups is 1. The number of hydrogen-bond donors (Lipinski definition) is 2. The van der Waals surface area contributed by atoms with Crippen molar-refractivity contribution in [2.45, 2.75) is 0 Å². The zero-order valence-corrected chi connectivity index (χ0v) is 13.8. The van der Waals surface area contributed by atoms with Crippen LogP contribution in [-0.2, 0) is 4.79 Å². The number of para-hydroxylation sites is 2. The van der Waals surface area contributed by atoms with Crippen LogP contribution in [0.2, 0.25) is 0 Å². The van der Waals surface area contributed by atoms with Gasteiger partial charge in [-0.1, -0.05) is 28.1 Å². The highest BCUT2D eigenvalue weighted by molar-refractivity contribution is 9.10. The fraction of sp³-hybridized carbons (Fsp3) is 0.0667. The number of hydrazone groups is 1. The molecule has 1 amide bonds. The van der Waals surface area contributed by atoms with Crippen molar-refractivity contribution < 1.29 is 19.6 Å². The monoisotopic (exact) mass is 393 g/mol. The number of halogens is 1. The van der Waals surface area contributed by atoms with Crippen LogP contribution in [-0.4, -0.2) is 28.8 Å². The van der Waals surface area contributed by atoms with Crippen LogP contribution in [0.1, 0.15) is 5.56 Å². The summed E-state index contributed by atoms with van der Waals surface area (Å²) in [7, 11) is 0. The van der Waals surface area contributed by atoms with Gasteiger partial charge in [0.15, 0.2) is 12.4 Å². The molecule has 124 valence electrons. The van der Waals surface area contributed by atoms with E-state index >= 15 is 0 Å². The number of nitro benzene ring substituents is 1. The van der Waals surface area contributed by atoms with Crippen molar-refractivity contribution in [2.75, 3.05) is 6.61 Å². The third-order valence-electron chi connectivity index (χ3n) is 2.79. The number of carbonyl (C=O) groups is 1. The number of ether oxygens (including phenoxy) is 1. The van der Waals surface area contributed by atoms with Crippen molar-refractivity contribution in [2.24, 2.45) is 5.10 Å². The number of aromatic hydroxyl groups is 1. The summed E-state index contributed by atoms with van der Waals surface area (Å²) in [5.74, 6) is -0.524. The molecule has 0 aliphatic rings. The number of amides is 1. The lowest BCUT2D eigenvalue weighted by atomic mass is 10.2. The van der Waals surface area contributed by atoms with Crippen molar-refractivity contribution in [3.8, 4) is 11.5 Å². The fourth-order valence-electron chi connectivity index (χ4n) is 1.71. The van der Waals surface area contributed by atoms with Crippen LogP contribution in [0.4, 0.5) is 5.69 Å². The van der Waals surface area contributed by atoms with Crippen molar-refractivity contribution in [1.29, 1.82) is 0 Å². The molecule has 2 rings (SSSR count). The highest BCUT2D eigenvalue weighted by Gasteiger charge is 2.14. The highest BCUT2D eigenvalue weighted by atomic mass is 79.9. The summed E-state index contributed by atoms with van der Waals surface area (Å²) >= 11 is 3.28. The number of phenolic OH excluding ortho intramolecular Hbond substituents is 1. The van der Waals surface area contributed by atoms with Gasteiger partial charge in [0.1, 0.15) is 5.75 Å². The SMILES string of the molecule is O=C(COc1ccccc1[N+](=O)[O-])N/N=C\c1cc(O)ccc1Br. The smallest absolute Gasteiger partial charge is 0.310 e. The third-order valence-corrected chi connectivity index (χ3v) is 3.52. The summed E-state index contributed by atoms with van der Waals surface area (Å²) in [6.45, 7) is -0.427. The molecule has 2 aromatic rings. The second kappa shape index (κ2) is 8.06. The lowest BCUT2D eigenvalue weighted by molar-refractivity contribution is -0.385. The van der Waals surface area contributed by atoms with E-state index in [2.05, 4.69) is 26.5 Å². The molecular weight excluding hydrogens is 382 g/mol. The molecule has 0 saturated heterocycles. The fourth-order valence-corrected chi connectivity index (χ4v) is 2.06. The van der Waals surface area contributed by atoms with Gasteiger partial charge in [-0.25, -0.2) is 5.43 Å². The number of phenols is 1. The summed E-state index contributed by atoms with van der Waals surface area (Å²) in [6.07, 6.45) is 1.34. The Morgan fingerprint density at radius 1 is 1.38 bits per heavy atom. The molecule has 24 heavy (non-hydrogen) atoms. The van der Waals surface area contributed by atoms with Crippen LogP contribution in [0.25, 0.3) is 0 Å². The van der Waals surface area contributed by atoms with Crippen LogP contribution in [0.15, 0.2) is 52.0 Å². The second-order valence-corrected chi connectivity index (χ2v) is 5.37. The maximum atomic E-state index is 11.7. The lowest BCUT2D eigenvalue weighted by Gasteiger charge is -2.05. The van der Waals surface area contributed by atoms with Crippen molar-refractivity contribution in [3.63, 3.8) is 0 Å². The Labute approximate surface area is 145 Å². The summed E-state index contributed by atoms with van der Waals surface area (Å²) in [4.78, 5) is 21.9. The normalized spacial score (nSPS) is 10.5. The van der Waals surface area contributed by atoms with Gasteiger partial charge >= 0.3 is 5.69 Å². The van der Waals surface area contributed by atoms with E-state index in [1.165, 1.54) is 36.5 Å². The van der Waals surface area contributed by atoms with E-state index in [0.29, 0.717) is 10.0 Å². The van der Waals surface area contributed by atoms with Gasteiger partial charge in [-0.15, -0.1) is 0 Å². The molecule has 0 radical (unpaired) electrons. The average Bonchev–Trinajstić information content (AvgIpc) is 2.56. The maximum Gasteiger partial charge on any atom is 0.310 e. The molecule has 0 fully saturated rings. The first kappa shape index (κ1) is 17.4. The van der Waals surface area contributed by atoms with Crippen LogP contribution < -0.4 is 10.2 Å². The first-order chi connectivity index (χ1) is 11.5. The first-order valence-electron chi connectivity index (χ1n) is 6.64. The number of nitrogens with one attached hydrogen (secondary N) is 1. The Morgan fingerprint density at radius 3 is 2.88 bits per heavy atom. The van der Waals surface area contributed by atoms with Crippen molar-refractivity contribution >= 4 is 33.7 Å². The van der Waals surface area contributed by atoms with E-state index in [4.69, 9.17) is 4.74 Å². The molecule has 0 atom stereocenters. The molecule has 2 N–H and O–H groups in total. The molecule has 8 nitrogen and oxygen atoms in total. The standard InChI is InChI=1S/C15H12BrN3O5/c16-12-6-5-11(20)7-10(12)8-17-18-15(21)9-24-14-4-2-1-3-13(14)19(22)23/h1-8,20H,9H2,(H,18,21)/b17-8-. The zero-order chi connectivity index (χ0) is 17.5. The summed E-state index contributed by atoms with van der Waals surface area (Å²) in [5.41, 5.74) is 2.57. The average molecular weight is 394 g/mol. The minimum Gasteiger partial charge on any atom is -0.508 e. The number of rotatable bonds is 6. The molecular formula is C15H12BrN3O5. The summed E-state index contributed by atoms with van der Waals surface area (Å²) in [5, 5.41) is 23.9. The van der Waals surface area contributed by atoms with Crippen LogP contribution in [0.5, 0.6) is 11.5 Å². The Kier molecular flexibility index (Phi) is 5.85. The van der Waals surface area contributed by atoms with Gasteiger partial charge in [0.2, 0.25) is 0 Å². The molecule has 2 aromatic carbocycles. The van der Waals surface area contributed by atoms with E-state index in [9.17, 15) is 20.0 Å². The zero-order valence-electron chi connectivity index (χ0n) is 12.2. The minimum absolute atomic E-state index is 0.00245. The quantitative estimate of drug-likeness (QED) is 0.444. The minimum atomic E-state index is -0.592. The second-order valence-electron chi connectivity index (χ2n) is 4.51. The molecule has 0 heterocycles. The van der Waals surface area contributed by atoms with Crippen LogP contribution in [0, 0.1) is 10.1 Å². The van der Waals surface area contributed by atoms with E-state index in [0.717, 1.165) is 0 Å². The van der Waals surface area contributed by atoms with E-state index in [1.807, 2.05) is 0 Å². The Morgan fingerprint density at radius 2 is 2.12 bits per heavy atom. The summed E-state index contributed by atoms with van der Waals surface area (Å²) in [6, 6.07) is 10.4. The van der Waals surface area contributed by atoms with E-state index < -0.39 is 17.4 Å². The lowest BCUT2D eigenvalue weighted by Crippen LogP contribution is -2.24. The Hall–Kier alpha value is -2.94. The van der Waals surface area contributed by atoms with E-state index in [-0.39, 0.29) is 17.2 Å². The van der Waals surface area contributed by atoms with Crippen molar-refractivity contribution in [3.05, 3.63) is 62.6 Å². The molecule has 0 bridgehead atoms. The molecule has 0 aromatic heterocycles. The van der Waals surface area contributed by atoms with E-state index in [1.54, 1.807) is 12.1 Å². The van der Waals surface area contributed by atoms with Gasteiger partial charge in [0, 0.05) is 16.1 Å². The molecule has 0 aliphatic heterocycles. The highest BCUT2D eigenvalue weighted by Crippen LogP contribution is 2.25. The molecule has 0 saturated carbocycles. The van der Waals surface area contributed by atoms with Crippen LogP contribution in [0.3, 0.4) is 0 Å². The predicted octanol–water partition coefficient (Wildman–Crippen LogP) is 2.59. The number of benzene rings is 2. The van der Waals surface area contributed by atoms with Gasteiger partial charge in [0.25, 0.3) is 5.91 Å². The number of hydrogen-bond acceptors (Lipinski definition) is 6. The van der Waals surface area contributed by atoms with Crippen molar-refractivity contribution in [1.82, 2.24) is 5.43 Å². The predicted molar refractivity (Wildman–Crippen MR) is 90.1 cm³/mol.